The molecule has 0 aliphatic heterocycles. The number of ether oxygens (including phenoxy) is 2. The van der Waals surface area contributed by atoms with E-state index < -0.39 is 24.2 Å². The summed E-state index contributed by atoms with van der Waals surface area (Å²) in [7, 11) is 1.42. The van der Waals surface area contributed by atoms with E-state index >= 15 is 0 Å². The second kappa shape index (κ2) is 12.0. The number of hydrogen-bond acceptors (Lipinski definition) is 5. The van der Waals surface area contributed by atoms with Gasteiger partial charge in [-0.05, 0) is 82.9 Å². The summed E-state index contributed by atoms with van der Waals surface area (Å²) in [5, 5.41) is 14.8. The number of methoxy groups -OCH3 is 1. The number of carbonyl (C=O) groups excluding carboxylic acids is 2. The maximum Gasteiger partial charge on any atom is 0.266 e. The van der Waals surface area contributed by atoms with Crippen molar-refractivity contribution in [1.82, 2.24) is 0 Å². The van der Waals surface area contributed by atoms with E-state index in [1.807, 2.05) is 32.0 Å². The van der Waals surface area contributed by atoms with Crippen LogP contribution in [-0.2, 0) is 9.59 Å². The number of benzene rings is 3. The summed E-state index contributed by atoms with van der Waals surface area (Å²) < 4.78 is 25.2. The van der Waals surface area contributed by atoms with Gasteiger partial charge in [0, 0.05) is 5.69 Å². The molecule has 0 bridgehead atoms. The molecule has 0 spiro atoms. The van der Waals surface area contributed by atoms with E-state index in [0.29, 0.717) is 15.7 Å². The van der Waals surface area contributed by atoms with Crippen molar-refractivity contribution in [2.75, 3.05) is 24.4 Å². The SMILES string of the molecule is COc1cc(/C=C(/C#N)C(=O)Nc2cccc(C)c2C)cc(Br)c1OCC(=O)Nc1ccccc1F. The lowest BCUT2D eigenvalue weighted by Gasteiger charge is -2.14. The average Bonchev–Trinajstić information content (AvgIpc) is 2.85. The molecule has 0 saturated heterocycles. The van der Waals surface area contributed by atoms with Gasteiger partial charge in [0.2, 0.25) is 0 Å². The smallest absolute Gasteiger partial charge is 0.266 e. The minimum atomic E-state index is -0.562. The molecule has 36 heavy (non-hydrogen) atoms. The minimum Gasteiger partial charge on any atom is -0.493 e. The van der Waals surface area contributed by atoms with Crippen LogP contribution in [0.5, 0.6) is 11.5 Å². The molecule has 7 nitrogen and oxygen atoms in total. The number of amides is 2. The summed E-state index contributed by atoms with van der Waals surface area (Å²) in [4.78, 5) is 24.9. The fourth-order valence-electron chi connectivity index (χ4n) is 3.24. The van der Waals surface area contributed by atoms with E-state index in [0.717, 1.165) is 11.1 Å². The Labute approximate surface area is 216 Å². The zero-order valence-electron chi connectivity index (χ0n) is 19.8. The van der Waals surface area contributed by atoms with E-state index in [-0.39, 0.29) is 22.8 Å². The zero-order valence-corrected chi connectivity index (χ0v) is 21.4. The summed E-state index contributed by atoms with van der Waals surface area (Å²) in [5.74, 6) is -1.17. The molecule has 0 aliphatic carbocycles. The molecule has 184 valence electrons. The van der Waals surface area contributed by atoms with Crippen LogP contribution in [0.1, 0.15) is 16.7 Å². The molecule has 2 amide bonds. The standard InChI is InChI=1S/C27H23BrFN3O4/c1-16-7-6-10-22(17(16)2)32-27(34)19(14-30)11-18-12-20(28)26(24(13-18)35-3)36-15-25(33)31-23-9-5-4-8-21(23)29/h4-13H,15H2,1-3H3,(H,31,33)(H,32,34)/b19-11-. The highest BCUT2D eigenvalue weighted by molar-refractivity contribution is 9.10. The summed E-state index contributed by atoms with van der Waals surface area (Å²) in [6.07, 6.45) is 1.42. The maximum absolute atomic E-state index is 13.8. The molecular formula is C27H23BrFN3O4. The van der Waals surface area contributed by atoms with Crippen molar-refractivity contribution in [3.63, 3.8) is 0 Å². The van der Waals surface area contributed by atoms with Crippen molar-refractivity contribution in [2.24, 2.45) is 0 Å². The first kappa shape index (κ1) is 26.4. The van der Waals surface area contributed by atoms with Crippen LogP contribution in [0.25, 0.3) is 6.08 Å². The number of nitrogens with one attached hydrogen (secondary N) is 2. The first-order chi connectivity index (χ1) is 17.2. The number of nitrogens with zero attached hydrogens (tertiary/aromatic N) is 1. The Morgan fingerprint density at radius 1 is 1.08 bits per heavy atom. The van der Waals surface area contributed by atoms with Gasteiger partial charge in [0.1, 0.15) is 17.5 Å². The van der Waals surface area contributed by atoms with Gasteiger partial charge in [-0.3, -0.25) is 9.59 Å². The molecule has 0 radical (unpaired) electrons. The molecule has 0 saturated carbocycles. The maximum atomic E-state index is 13.8. The largest absolute Gasteiger partial charge is 0.493 e. The van der Waals surface area contributed by atoms with E-state index in [1.54, 1.807) is 24.3 Å². The predicted octanol–water partition coefficient (Wildman–Crippen LogP) is 5.78. The Hall–Kier alpha value is -4.16. The number of anilines is 2. The van der Waals surface area contributed by atoms with Gasteiger partial charge in [-0.2, -0.15) is 5.26 Å². The number of hydrogen-bond donors (Lipinski definition) is 2. The van der Waals surface area contributed by atoms with E-state index in [2.05, 4.69) is 26.6 Å². The number of halogens is 2. The van der Waals surface area contributed by atoms with Crippen LogP contribution in [0.2, 0.25) is 0 Å². The van der Waals surface area contributed by atoms with Crippen molar-refractivity contribution in [3.8, 4) is 17.6 Å². The summed E-state index contributed by atoms with van der Waals surface area (Å²) in [5.41, 5.74) is 2.98. The fraction of sp³-hybridized carbons (Fsp3) is 0.148. The van der Waals surface area contributed by atoms with Crippen molar-refractivity contribution in [1.29, 1.82) is 5.26 Å². The molecule has 3 rings (SSSR count). The molecule has 3 aromatic rings. The van der Waals surface area contributed by atoms with Gasteiger partial charge >= 0.3 is 0 Å². The number of aryl methyl sites for hydroxylation is 1. The van der Waals surface area contributed by atoms with Crippen molar-refractivity contribution in [2.45, 2.75) is 13.8 Å². The van der Waals surface area contributed by atoms with Gasteiger partial charge in [0.05, 0.1) is 17.3 Å². The summed E-state index contributed by atoms with van der Waals surface area (Å²) in [6, 6.07) is 16.4. The summed E-state index contributed by atoms with van der Waals surface area (Å²) in [6.45, 7) is 3.42. The quantitative estimate of drug-likeness (QED) is 0.273. The number of nitriles is 1. The van der Waals surface area contributed by atoms with Crippen molar-refractivity contribution < 1.29 is 23.5 Å². The first-order valence-electron chi connectivity index (χ1n) is 10.8. The average molecular weight is 552 g/mol. The number of para-hydroxylation sites is 1. The third kappa shape index (κ3) is 6.49. The highest BCUT2D eigenvalue weighted by Gasteiger charge is 2.16. The lowest BCUT2D eigenvalue weighted by Crippen LogP contribution is -2.21. The van der Waals surface area contributed by atoms with Crippen LogP contribution in [0.3, 0.4) is 0 Å². The molecule has 0 fully saturated rings. The molecule has 0 aromatic heterocycles. The van der Waals surface area contributed by atoms with Gasteiger partial charge < -0.3 is 20.1 Å². The van der Waals surface area contributed by atoms with Gasteiger partial charge in [0.15, 0.2) is 18.1 Å². The first-order valence-corrected chi connectivity index (χ1v) is 11.6. The molecule has 9 heteroatoms. The topological polar surface area (TPSA) is 100 Å². The Balaban J connectivity index is 1.76. The third-order valence-electron chi connectivity index (χ3n) is 5.28. The van der Waals surface area contributed by atoms with Gasteiger partial charge in [-0.25, -0.2) is 4.39 Å². The lowest BCUT2D eigenvalue weighted by atomic mass is 10.1. The summed E-state index contributed by atoms with van der Waals surface area (Å²) >= 11 is 3.38. The normalized spacial score (nSPS) is 10.8. The van der Waals surface area contributed by atoms with Crippen molar-refractivity contribution in [3.05, 3.63) is 87.2 Å². The number of rotatable bonds is 8. The molecule has 0 heterocycles. The molecule has 3 aromatic carbocycles. The molecule has 2 N–H and O–H groups in total. The van der Waals surface area contributed by atoms with E-state index in [9.17, 15) is 19.2 Å². The third-order valence-corrected chi connectivity index (χ3v) is 5.87. The highest BCUT2D eigenvalue weighted by Crippen LogP contribution is 2.37. The van der Waals surface area contributed by atoms with Crippen LogP contribution >= 0.6 is 15.9 Å². The Morgan fingerprint density at radius 2 is 1.81 bits per heavy atom. The van der Waals surface area contributed by atoms with E-state index in [1.165, 1.54) is 31.4 Å². The minimum absolute atomic E-state index is 0.0424. The number of carbonyl (C=O) groups is 2. The second-order valence-corrected chi connectivity index (χ2v) is 8.58. The fourth-order valence-corrected chi connectivity index (χ4v) is 3.82. The van der Waals surface area contributed by atoms with Crippen LogP contribution < -0.4 is 20.1 Å². The molecule has 0 atom stereocenters. The molecule has 0 unspecified atom stereocenters. The Morgan fingerprint density at radius 3 is 2.50 bits per heavy atom. The molecular weight excluding hydrogens is 529 g/mol. The Bertz CT molecular complexity index is 1380. The zero-order chi connectivity index (χ0) is 26.2. The lowest BCUT2D eigenvalue weighted by molar-refractivity contribution is -0.118. The van der Waals surface area contributed by atoms with Gasteiger partial charge in [-0.1, -0.05) is 24.3 Å². The molecule has 0 aliphatic rings. The monoisotopic (exact) mass is 551 g/mol. The second-order valence-electron chi connectivity index (χ2n) is 7.72. The van der Waals surface area contributed by atoms with Crippen LogP contribution in [0, 0.1) is 31.0 Å². The van der Waals surface area contributed by atoms with Crippen molar-refractivity contribution >= 4 is 45.2 Å². The van der Waals surface area contributed by atoms with Gasteiger partial charge in [-0.15, -0.1) is 0 Å². The van der Waals surface area contributed by atoms with Gasteiger partial charge in [0.25, 0.3) is 11.8 Å². The Kier molecular flexibility index (Phi) is 8.81. The highest BCUT2D eigenvalue weighted by atomic mass is 79.9. The van der Waals surface area contributed by atoms with E-state index in [4.69, 9.17) is 9.47 Å². The predicted molar refractivity (Wildman–Crippen MR) is 139 cm³/mol. The van der Waals surface area contributed by atoms with Crippen LogP contribution in [0.15, 0.2) is 64.6 Å². The van der Waals surface area contributed by atoms with Crippen LogP contribution in [0.4, 0.5) is 15.8 Å². The van der Waals surface area contributed by atoms with Crippen LogP contribution in [-0.4, -0.2) is 25.5 Å².